The van der Waals surface area contributed by atoms with Gasteiger partial charge in [0, 0.05) is 24.0 Å². The molecule has 1 aromatic heterocycles. The van der Waals surface area contributed by atoms with E-state index >= 15 is 0 Å². The van der Waals surface area contributed by atoms with Gasteiger partial charge in [-0.3, -0.25) is 15.1 Å². The number of rotatable bonds is 5. The minimum absolute atomic E-state index is 0.0718. The van der Waals surface area contributed by atoms with Crippen molar-refractivity contribution in [1.82, 2.24) is 4.98 Å². The summed E-state index contributed by atoms with van der Waals surface area (Å²) in [6.07, 6.45) is 3.64. The Labute approximate surface area is 139 Å². The molecule has 0 unspecified atom stereocenters. The van der Waals surface area contributed by atoms with Crippen LogP contribution in [0.15, 0.2) is 79.0 Å². The predicted octanol–water partition coefficient (Wildman–Crippen LogP) is 4.60. The lowest BCUT2D eigenvalue weighted by Gasteiger charge is -2.11. The second kappa shape index (κ2) is 7.19. The molecule has 1 heterocycles. The quantitative estimate of drug-likeness (QED) is 0.551. The molecule has 0 saturated heterocycles. The molecule has 0 amide bonds. The Bertz CT molecular complexity index is 845. The average molecular weight is 317 g/mol. The molecule has 0 aliphatic heterocycles. The molecule has 0 aliphatic carbocycles. The molecule has 5 nitrogen and oxygen atoms in total. The third-order valence-corrected chi connectivity index (χ3v) is 3.41. The summed E-state index contributed by atoms with van der Waals surface area (Å²) in [5.74, 6) is 0. The third kappa shape index (κ3) is 3.84. The van der Waals surface area contributed by atoms with Crippen molar-refractivity contribution < 1.29 is 4.92 Å². The number of aromatic nitrogens is 1. The third-order valence-electron chi connectivity index (χ3n) is 3.41. The van der Waals surface area contributed by atoms with Gasteiger partial charge in [0.05, 0.1) is 16.3 Å². The van der Waals surface area contributed by atoms with Crippen molar-refractivity contribution in [1.29, 1.82) is 0 Å². The van der Waals surface area contributed by atoms with Gasteiger partial charge in [-0.2, -0.15) is 0 Å². The zero-order chi connectivity index (χ0) is 16.8. The Kier molecular flexibility index (Phi) is 4.62. The molecule has 24 heavy (non-hydrogen) atoms. The van der Waals surface area contributed by atoms with Gasteiger partial charge in [0.15, 0.2) is 0 Å². The van der Waals surface area contributed by atoms with E-state index in [0.717, 1.165) is 22.6 Å². The second-order valence-corrected chi connectivity index (χ2v) is 5.11. The molecular weight excluding hydrogens is 302 g/mol. The summed E-state index contributed by atoms with van der Waals surface area (Å²) in [6.45, 7) is 0. The standard InChI is InChI=1S/C19H15N3O2/c23-22(24)17-11-9-15(10-12-17)14-19(18-8-4-5-13-20-18)21-16-6-2-1-3-7-16/h1-14,21H/b19-14+. The van der Waals surface area contributed by atoms with Gasteiger partial charge in [-0.1, -0.05) is 24.3 Å². The summed E-state index contributed by atoms with van der Waals surface area (Å²) >= 11 is 0. The molecular formula is C19H15N3O2. The smallest absolute Gasteiger partial charge is 0.269 e. The van der Waals surface area contributed by atoms with Crippen molar-refractivity contribution in [2.45, 2.75) is 0 Å². The van der Waals surface area contributed by atoms with Gasteiger partial charge in [0.25, 0.3) is 5.69 Å². The molecule has 0 saturated carbocycles. The Morgan fingerprint density at radius 3 is 2.29 bits per heavy atom. The van der Waals surface area contributed by atoms with Crippen molar-refractivity contribution in [2.75, 3.05) is 5.32 Å². The second-order valence-electron chi connectivity index (χ2n) is 5.11. The lowest BCUT2D eigenvalue weighted by atomic mass is 10.1. The van der Waals surface area contributed by atoms with Gasteiger partial charge in [0.2, 0.25) is 0 Å². The maximum atomic E-state index is 10.8. The van der Waals surface area contributed by atoms with E-state index in [9.17, 15) is 10.1 Å². The first kappa shape index (κ1) is 15.4. The highest BCUT2D eigenvalue weighted by atomic mass is 16.6. The van der Waals surface area contributed by atoms with Gasteiger partial charge < -0.3 is 5.32 Å². The van der Waals surface area contributed by atoms with E-state index in [1.54, 1.807) is 18.3 Å². The van der Waals surface area contributed by atoms with E-state index in [1.165, 1.54) is 12.1 Å². The van der Waals surface area contributed by atoms with E-state index in [2.05, 4.69) is 10.3 Å². The normalized spacial score (nSPS) is 11.1. The maximum absolute atomic E-state index is 10.8. The van der Waals surface area contributed by atoms with Gasteiger partial charge in [-0.15, -0.1) is 0 Å². The number of hydrogen-bond acceptors (Lipinski definition) is 4. The van der Waals surface area contributed by atoms with Gasteiger partial charge in [-0.05, 0) is 48.0 Å². The van der Waals surface area contributed by atoms with Crippen molar-refractivity contribution in [3.8, 4) is 0 Å². The van der Waals surface area contributed by atoms with Crippen LogP contribution in [0.4, 0.5) is 11.4 Å². The van der Waals surface area contributed by atoms with Crippen LogP contribution in [0.2, 0.25) is 0 Å². The van der Waals surface area contributed by atoms with Gasteiger partial charge >= 0.3 is 0 Å². The largest absolute Gasteiger partial charge is 0.354 e. The minimum Gasteiger partial charge on any atom is -0.354 e. The van der Waals surface area contributed by atoms with Crippen LogP contribution in [0.3, 0.4) is 0 Å². The highest BCUT2D eigenvalue weighted by Crippen LogP contribution is 2.21. The fourth-order valence-electron chi connectivity index (χ4n) is 2.23. The topological polar surface area (TPSA) is 68.1 Å². The Morgan fingerprint density at radius 2 is 1.67 bits per heavy atom. The van der Waals surface area contributed by atoms with Crippen LogP contribution in [0.5, 0.6) is 0 Å². The monoisotopic (exact) mass is 317 g/mol. The molecule has 0 radical (unpaired) electrons. The maximum Gasteiger partial charge on any atom is 0.269 e. The molecule has 118 valence electrons. The molecule has 3 aromatic rings. The molecule has 0 aliphatic rings. The number of anilines is 1. The average Bonchev–Trinajstić information content (AvgIpc) is 2.63. The zero-order valence-electron chi connectivity index (χ0n) is 12.8. The Hall–Kier alpha value is -3.47. The number of nitro benzene ring substituents is 1. The van der Waals surface area contributed by atoms with Crippen LogP contribution in [-0.4, -0.2) is 9.91 Å². The first-order chi connectivity index (χ1) is 11.7. The van der Waals surface area contributed by atoms with Gasteiger partial charge in [-0.25, -0.2) is 0 Å². The number of nitro groups is 1. The summed E-state index contributed by atoms with van der Waals surface area (Å²) in [4.78, 5) is 14.7. The number of benzene rings is 2. The van der Waals surface area contributed by atoms with Crippen LogP contribution in [-0.2, 0) is 0 Å². The lowest BCUT2D eigenvalue weighted by molar-refractivity contribution is -0.384. The van der Waals surface area contributed by atoms with Crippen LogP contribution < -0.4 is 5.32 Å². The fourth-order valence-corrected chi connectivity index (χ4v) is 2.23. The van der Waals surface area contributed by atoms with E-state index in [4.69, 9.17) is 0 Å². The summed E-state index contributed by atoms with van der Waals surface area (Å²) in [5, 5.41) is 14.1. The number of hydrogen-bond donors (Lipinski definition) is 1. The lowest BCUT2D eigenvalue weighted by Crippen LogP contribution is -2.00. The molecule has 1 N–H and O–H groups in total. The minimum atomic E-state index is -0.407. The number of nitrogens with one attached hydrogen (secondary N) is 1. The summed E-state index contributed by atoms with van der Waals surface area (Å²) in [6, 6.07) is 21.9. The molecule has 0 fully saturated rings. The highest BCUT2D eigenvalue weighted by Gasteiger charge is 2.06. The predicted molar refractivity (Wildman–Crippen MR) is 95.3 cm³/mol. The van der Waals surface area contributed by atoms with Crippen LogP contribution in [0, 0.1) is 10.1 Å². The molecule has 2 aromatic carbocycles. The summed E-state index contributed by atoms with van der Waals surface area (Å²) in [5.41, 5.74) is 3.47. The van der Waals surface area contributed by atoms with Crippen molar-refractivity contribution in [2.24, 2.45) is 0 Å². The molecule has 0 atom stereocenters. The number of nitrogens with zero attached hydrogens (tertiary/aromatic N) is 2. The van der Waals surface area contributed by atoms with Crippen LogP contribution >= 0.6 is 0 Å². The van der Waals surface area contributed by atoms with E-state index in [1.807, 2.05) is 54.6 Å². The Morgan fingerprint density at radius 1 is 0.958 bits per heavy atom. The van der Waals surface area contributed by atoms with Crippen LogP contribution in [0.1, 0.15) is 11.3 Å². The first-order valence-electron chi connectivity index (χ1n) is 7.42. The van der Waals surface area contributed by atoms with E-state index in [-0.39, 0.29) is 5.69 Å². The highest BCUT2D eigenvalue weighted by molar-refractivity contribution is 5.87. The molecule has 0 spiro atoms. The zero-order valence-corrected chi connectivity index (χ0v) is 12.8. The fraction of sp³-hybridized carbons (Fsp3) is 0. The van der Waals surface area contributed by atoms with Crippen molar-refractivity contribution >= 4 is 23.1 Å². The van der Waals surface area contributed by atoms with E-state index in [0.29, 0.717) is 0 Å². The van der Waals surface area contributed by atoms with Crippen LogP contribution in [0.25, 0.3) is 11.8 Å². The Balaban J connectivity index is 1.96. The number of non-ortho nitro benzene ring substituents is 1. The van der Waals surface area contributed by atoms with Crippen molar-refractivity contribution in [3.63, 3.8) is 0 Å². The summed E-state index contributed by atoms with van der Waals surface area (Å²) < 4.78 is 0. The first-order valence-corrected chi connectivity index (χ1v) is 7.42. The molecule has 3 rings (SSSR count). The summed E-state index contributed by atoms with van der Waals surface area (Å²) in [7, 11) is 0. The number of para-hydroxylation sites is 1. The van der Waals surface area contributed by atoms with E-state index < -0.39 is 4.92 Å². The number of pyridine rings is 1. The van der Waals surface area contributed by atoms with Crippen molar-refractivity contribution in [3.05, 3.63) is 100 Å². The SMILES string of the molecule is O=[N+]([O-])c1ccc(/C=C(/Nc2ccccc2)c2ccccn2)cc1. The molecule has 5 heteroatoms. The molecule has 0 bridgehead atoms. The van der Waals surface area contributed by atoms with Gasteiger partial charge in [0.1, 0.15) is 0 Å².